The van der Waals surface area contributed by atoms with Crippen LogP contribution in [-0.4, -0.2) is 51.8 Å². The summed E-state index contributed by atoms with van der Waals surface area (Å²) in [6, 6.07) is 0.460. The number of carbonyl (C=O) groups is 1. The van der Waals surface area contributed by atoms with Gasteiger partial charge in [-0.1, -0.05) is 0 Å². The van der Waals surface area contributed by atoms with E-state index in [9.17, 15) is 4.79 Å². The van der Waals surface area contributed by atoms with Gasteiger partial charge in [-0.2, -0.15) is 0 Å². The SMILES string of the molecule is CC(C)(C)OC(=O)N1C[C@@H]2C[C@H]1CN2C(N)=S. The molecule has 2 rings (SSSR count). The first kappa shape index (κ1) is 12.4. The lowest BCUT2D eigenvalue weighted by atomic mass is 10.2. The minimum absolute atomic E-state index is 0.191. The Balaban J connectivity index is 1.96. The molecule has 0 saturated carbocycles. The third kappa shape index (κ3) is 2.46. The summed E-state index contributed by atoms with van der Waals surface area (Å²) in [6.45, 7) is 7.03. The van der Waals surface area contributed by atoms with E-state index in [1.807, 2.05) is 25.7 Å². The van der Waals surface area contributed by atoms with Crippen LogP contribution in [-0.2, 0) is 4.74 Å². The largest absolute Gasteiger partial charge is 0.444 e. The Labute approximate surface area is 107 Å². The number of rotatable bonds is 0. The highest BCUT2D eigenvalue weighted by Gasteiger charge is 2.46. The Kier molecular flexibility index (Phi) is 2.93. The molecule has 2 aliphatic heterocycles. The molecule has 0 spiro atoms. The molecule has 5 nitrogen and oxygen atoms in total. The van der Waals surface area contributed by atoms with E-state index in [0.29, 0.717) is 11.7 Å². The number of piperazine rings is 1. The molecule has 2 N–H and O–H groups in total. The van der Waals surface area contributed by atoms with Crippen LogP contribution < -0.4 is 5.73 Å². The monoisotopic (exact) mass is 257 g/mol. The molecule has 0 unspecified atom stereocenters. The molecule has 2 heterocycles. The van der Waals surface area contributed by atoms with E-state index in [1.54, 1.807) is 4.90 Å². The number of nitrogens with zero attached hydrogens (tertiary/aromatic N) is 2. The predicted octanol–water partition coefficient (Wildman–Crippen LogP) is 0.924. The van der Waals surface area contributed by atoms with E-state index in [1.165, 1.54) is 0 Å². The van der Waals surface area contributed by atoms with Gasteiger partial charge in [0.05, 0.1) is 12.1 Å². The van der Waals surface area contributed by atoms with Crippen LogP contribution in [0, 0.1) is 0 Å². The maximum absolute atomic E-state index is 11.9. The molecule has 96 valence electrons. The molecule has 2 saturated heterocycles. The molecule has 6 heteroatoms. The van der Waals surface area contributed by atoms with Crippen LogP contribution in [0.1, 0.15) is 27.2 Å². The van der Waals surface area contributed by atoms with Gasteiger partial charge in [-0.3, -0.25) is 0 Å². The van der Waals surface area contributed by atoms with Crippen molar-refractivity contribution in [1.29, 1.82) is 0 Å². The van der Waals surface area contributed by atoms with Crippen molar-refractivity contribution >= 4 is 23.4 Å². The van der Waals surface area contributed by atoms with Crippen LogP contribution >= 0.6 is 12.2 Å². The smallest absolute Gasteiger partial charge is 0.410 e. The van der Waals surface area contributed by atoms with E-state index in [2.05, 4.69) is 0 Å². The zero-order valence-corrected chi connectivity index (χ0v) is 11.3. The minimum Gasteiger partial charge on any atom is -0.444 e. The standard InChI is InChI=1S/C11H19N3O2S/c1-11(2,3)16-10(15)14-6-7-4-8(14)5-13(7)9(12)17/h7-8H,4-6H2,1-3H3,(H2,12,17)/t7-,8-/m0/s1. The number of ether oxygens (including phenoxy) is 1. The molecule has 2 bridgehead atoms. The average molecular weight is 257 g/mol. The lowest BCUT2D eigenvalue weighted by molar-refractivity contribution is 0.0168. The van der Waals surface area contributed by atoms with Crippen molar-refractivity contribution in [2.24, 2.45) is 5.73 Å². The van der Waals surface area contributed by atoms with Gasteiger partial charge < -0.3 is 20.3 Å². The summed E-state index contributed by atoms with van der Waals surface area (Å²) in [5.74, 6) is 0. The van der Waals surface area contributed by atoms with Crippen molar-refractivity contribution in [3.63, 3.8) is 0 Å². The molecular weight excluding hydrogens is 238 g/mol. The number of nitrogens with two attached hydrogens (primary N) is 1. The highest BCUT2D eigenvalue weighted by Crippen LogP contribution is 2.31. The first-order chi connectivity index (χ1) is 7.78. The summed E-state index contributed by atoms with van der Waals surface area (Å²) in [5.41, 5.74) is 5.19. The third-order valence-electron chi connectivity index (χ3n) is 3.15. The summed E-state index contributed by atoms with van der Waals surface area (Å²) in [7, 11) is 0. The van der Waals surface area contributed by atoms with Gasteiger partial charge in [0.2, 0.25) is 0 Å². The zero-order chi connectivity index (χ0) is 12.8. The Bertz CT molecular complexity index is 353. The number of carbonyl (C=O) groups excluding carboxylic acids is 1. The van der Waals surface area contributed by atoms with Crippen LogP contribution in [0.4, 0.5) is 4.79 Å². The molecule has 0 aromatic rings. The van der Waals surface area contributed by atoms with Crippen LogP contribution in [0.25, 0.3) is 0 Å². The second-order valence-corrected chi connectivity index (χ2v) is 6.08. The summed E-state index contributed by atoms with van der Waals surface area (Å²) in [5, 5.41) is 0.432. The number of fused-ring (bicyclic) bond motifs is 2. The topological polar surface area (TPSA) is 58.8 Å². The summed E-state index contributed by atoms with van der Waals surface area (Å²) >= 11 is 4.98. The molecular formula is C11H19N3O2S. The second kappa shape index (κ2) is 4.01. The van der Waals surface area contributed by atoms with E-state index >= 15 is 0 Å². The third-order valence-corrected chi connectivity index (χ3v) is 3.39. The van der Waals surface area contributed by atoms with Crippen LogP contribution in [0.15, 0.2) is 0 Å². The van der Waals surface area contributed by atoms with Crippen LogP contribution in [0.5, 0.6) is 0 Å². The Morgan fingerprint density at radius 1 is 1.29 bits per heavy atom. The second-order valence-electron chi connectivity index (χ2n) is 5.67. The predicted molar refractivity (Wildman–Crippen MR) is 68.6 cm³/mol. The summed E-state index contributed by atoms with van der Waals surface area (Å²) in [6.07, 6.45) is 0.712. The first-order valence-electron chi connectivity index (χ1n) is 5.83. The van der Waals surface area contributed by atoms with Gasteiger partial charge in [0, 0.05) is 13.1 Å². The van der Waals surface area contributed by atoms with Crippen LogP contribution in [0.3, 0.4) is 0 Å². The Morgan fingerprint density at radius 3 is 2.24 bits per heavy atom. The van der Waals surface area contributed by atoms with E-state index < -0.39 is 5.60 Å². The van der Waals surface area contributed by atoms with E-state index in [4.69, 9.17) is 22.7 Å². The maximum Gasteiger partial charge on any atom is 0.410 e. The molecule has 17 heavy (non-hydrogen) atoms. The summed E-state index contributed by atoms with van der Waals surface area (Å²) in [4.78, 5) is 15.7. The number of hydrogen-bond donors (Lipinski definition) is 1. The molecule has 0 aromatic heterocycles. The minimum atomic E-state index is -0.443. The Morgan fingerprint density at radius 2 is 1.82 bits per heavy atom. The lowest BCUT2D eigenvalue weighted by Crippen LogP contribution is -2.52. The molecule has 0 radical (unpaired) electrons. The normalized spacial score (nSPS) is 27.5. The van der Waals surface area contributed by atoms with Gasteiger partial charge in [0.15, 0.2) is 5.11 Å². The maximum atomic E-state index is 11.9. The molecule has 1 amide bonds. The molecule has 0 aliphatic carbocycles. The fourth-order valence-corrected chi connectivity index (χ4v) is 2.70. The molecule has 2 fully saturated rings. The van der Waals surface area contributed by atoms with Crippen molar-refractivity contribution in [2.45, 2.75) is 44.9 Å². The Hall–Kier alpha value is -1.04. The van der Waals surface area contributed by atoms with Crippen molar-refractivity contribution in [2.75, 3.05) is 13.1 Å². The van der Waals surface area contributed by atoms with Gasteiger partial charge in [0.25, 0.3) is 0 Å². The lowest BCUT2D eigenvalue weighted by Gasteiger charge is -2.35. The number of thiocarbonyl (C=S) groups is 1. The molecule has 2 aliphatic rings. The summed E-state index contributed by atoms with van der Waals surface area (Å²) < 4.78 is 5.37. The number of amides is 1. The van der Waals surface area contributed by atoms with Crippen molar-refractivity contribution in [3.8, 4) is 0 Å². The van der Waals surface area contributed by atoms with Crippen molar-refractivity contribution in [3.05, 3.63) is 0 Å². The van der Waals surface area contributed by atoms with E-state index in [-0.39, 0.29) is 18.2 Å². The van der Waals surface area contributed by atoms with Gasteiger partial charge >= 0.3 is 6.09 Å². The molecule has 0 aromatic carbocycles. The van der Waals surface area contributed by atoms with Crippen molar-refractivity contribution < 1.29 is 9.53 Å². The van der Waals surface area contributed by atoms with E-state index in [0.717, 1.165) is 13.0 Å². The molecule has 2 atom stereocenters. The highest BCUT2D eigenvalue weighted by atomic mass is 32.1. The fraction of sp³-hybridized carbons (Fsp3) is 0.818. The van der Waals surface area contributed by atoms with Gasteiger partial charge in [0.1, 0.15) is 5.60 Å². The van der Waals surface area contributed by atoms with Crippen molar-refractivity contribution in [1.82, 2.24) is 9.80 Å². The van der Waals surface area contributed by atoms with Crippen LogP contribution in [0.2, 0.25) is 0 Å². The number of hydrogen-bond acceptors (Lipinski definition) is 3. The quantitative estimate of drug-likeness (QED) is 0.654. The average Bonchev–Trinajstić information content (AvgIpc) is 2.72. The van der Waals surface area contributed by atoms with Gasteiger partial charge in [-0.25, -0.2) is 4.79 Å². The fourth-order valence-electron chi connectivity index (χ4n) is 2.48. The highest BCUT2D eigenvalue weighted by molar-refractivity contribution is 7.80. The van der Waals surface area contributed by atoms with Gasteiger partial charge in [-0.05, 0) is 39.4 Å². The zero-order valence-electron chi connectivity index (χ0n) is 10.5. The van der Waals surface area contributed by atoms with Gasteiger partial charge in [-0.15, -0.1) is 0 Å². The first-order valence-corrected chi connectivity index (χ1v) is 6.24. The number of likely N-dealkylation sites (tertiary alicyclic amines) is 2.